The number of carboxylic acid groups (broad SMARTS) is 1. The second kappa shape index (κ2) is 4.08. The largest absolute Gasteiger partial charge is 0.478 e. The summed E-state index contributed by atoms with van der Waals surface area (Å²) in [6, 6.07) is 1.85. The van der Waals surface area contributed by atoms with Crippen molar-refractivity contribution in [1.82, 2.24) is 4.98 Å². The monoisotopic (exact) mass is 247 g/mol. The third kappa shape index (κ3) is 1.92. The minimum Gasteiger partial charge on any atom is -0.478 e. The highest BCUT2D eigenvalue weighted by Crippen LogP contribution is 2.45. The minimum atomic E-state index is -0.871. The lowest BCUT2D eigenvalue weighted by molar-refractivity contribution is 0.0694. The van der Waals surface area contributed by atoms with Crippen LogP contribution >= 0.6 is 0 Å². The van der Waals surface area contributed by atoms with Gasteiger partial charge < -0.3 is 5.11 Å². The number of nitrogens with zero attached hydrogens (tertiary/aromatic N) is 1. The number of fused-ring (bicyclic) bond motifs is 1. The molecular weight excluding hydrogens is 226 g/mol. The fourth-order valence-corrected chi connectivity index (χ4v) is 3.04. The van der Waals surface area contributed by atoms with Crippen molar-refractivity contribution >= 4 is 5.97 Å². The Labute approximate surface area is 108 Å². The van der Waals surface area contributed by atoms with Crippen LogP contribution in [0.15, 0.2) is 6.07 Å². The van der Waals surface area contributed by atoms with Crippen molar-refractivity contribution in [2.75, 3.05) is 0 Å². The first kappa shape index (κ1) is 13.1. The van der Waals surface area contributed by atoms with Crippen LogP contribution in [-0.2, 0) is 5.41 Å². The molecular formula is C15H21NO2. The predicted octanol–water partition coefficient (Wildman–Crippen LogP) is 3.69. The van der Waals surface area contributed by atoms with E-state index in [1.165, 1.54) is 0 Å². The second-order valence-corrected chi connectivity index (χ2v) is 6.30. The van der Waals surface area contributed by atoms with Gasteiger partial charge in [-0.05, 0) is 35.3 Å². The van der Waals surface area contributed by atoms with Gasteiger partial charge in [-0.3, -0.25) is 4.98 Å². The van der Waals surface area contributed by atoms with Gasteiger partial charge in [0.15, 0.2) is 0 Å². The zero-order valence-electron chi connectivity index (χ0n) is 11.7. The first-order valence-corrected chi connectivity index (χ1v) is 6.52. The van der Waals surface area contributed by atoms with Gasteiger partial charge in [0.1, 0.15) is 0 Å². The van der Waals surface area contributed by atoms with E-state index >= 15 is 0 Å². The van der Waals surface area contributed by atoms with Gasteiger partial charge >= 0.3 is 5.97 Å². The van der Waals surface area contributed by atoms with E-state index in [2.05, 4.69) is 25.8 Å². The molecule has 1 aliphatic rings. The maximum absolute atomic E-state index is 11.4. The SMILES string of the molecule is CC(C)c1nc2c(cc1C(=O)O)C(C)(C)CC2C. The molecule has 0 fully saturated rings. The summed E-state index contributed by atoms with van der Waals surface area (Å²) in [5.41, 5.74) is 3.31. The maximum Gasteiger partial charge on any atom is 0.337 e. The molecule has 1 aliphatic carbocycles. The van der Waals surface area contributed by atoms with Crippen molar-refractivity contribution in [3.63, 3.8) is 0 Å². The molecule has 1 aromatic heterocycles. The van der Waals surface area contributed by atoms with Crippen molar-refractivity contribution in [2.45, 2.75) is 58.3 Å². The Morgan fingerprint density at radius 2 is 2.11 bits per heavy atom. The smallest absolute Gasteiger partial charge is 0.337 e. The molecule has 3 nitrogen and oxygen atoms in total. The summed E-state index contributed by atoms with van der Waals surface area (Å²) in [5.74, 6) is -0.322. The standard InChI is InChI=1S/C15H21NO2/c1-8(2)12-10(14(17)18)6-11-13(16-12)9(3)7-15(11,4)5/h6,8-9H,7H2,1-5H3,(H,17,18). The lowest BCUT2D eigenvalue weighted by atomic mass is 9.85. The molecule has 0 radical (unpaired) electrons. The molecule has 0 spiro atoms. The molecule has 0 saturated heterocycles. The van der Waals surface area contributed by atoms with Gasteiger partial charge in [0, 0.05) is 5.69 Å². The molecule has 1 heterocycles. The highest BCUT2D eigenvalue weighted by atomic mass is 16.4. The maximum atomic E-state index is 11.4. The first-order valence-electron chi connectivity index (χ1n) is 6.52. The van der Waals surface area contributed by atoms with Gasteiger partial charge in [0.05, 0.1) is 11.3 Å². The van der Waals surface area contributed by atoms with Crippen LogP contribution in [0.25, 0.3) is 0 Å². The van der Waals surface area contributed by atoms with Crippen LogP contribution in [-0.4, -0.2) is 16.1 Å². The van der Waals surface area contributed by atoms with Crippen LogP contribution in [0.5, 0.6) is 0 Å². The zero-order valence-corrected chi connectivity index (χ0v) is 11.7. The summed E-state index contributed by atoms with van der Waals surface area (Å²) in [4.78, 5) is 16.0. The predicted molar refractivity (Wildman–Crippen MR) is 71.3 cm³/mol. The van der Waals surface area contributed by atoms with Crippen LogP contribution in [0.1, 0.15) is 80.2 Å². The number of pyridine rings is 1. The molecule has 0 bridgehead atoms. The van der Waals surface area contributed by atoms with E-state index in [9.17, 15) is 9.90 Å². The third-order valence-electron chi connectivity index (χ3n) is 3.87. The molecule has 0 saturated carbocycles. The quantitative estimate of drug-likeness (QED) is 0.867. The van der Waals surface area contributed by atoms with E-state index in [-0.39, 0.29) is 11.3 Å². The number of hydrogen-bond acceptors (Lipinski definition) is 2. The van der Waals surface area contributed by atoms with Crippen LogP contribution < -0.4 is 0 Å². The summed E-state index contributed by atoms with van der Waals surface area (Å²) in [6.07, 6.45) is 1.04. The van der Waals surface area contributed by atoms with E-state index in [0.717, 1.165) is 17.7 Å². The van der Waals surface area contributed by atoms with Gasteiger partial charge in [0.2, 0.25) is 0 Å². The minimum absolute atomic E-state index is 0.0292. The Hall–Kier alpha value is -1.38. The van der Waals surface area contributed by atoms with Crippen LogP contribution in [0.3, 0.4) is 0 Å². The Kier molecular flexibility index (Phi) is 2.96. The van der Waals surface area contributed by atoms with E-state index < -0.39 is 5.97 Å². The highest BCUT2D eigenvalue weighted by molar-refractivity contribution is 5.89. The molecule has 1 unspecified atom stereocenters. The van der Waals surface area contributed by atoms with Gasteiger partial charge in [-0.1, -0.05) is 34.6 Å². The number of aromatic nitrogens is 1. The Bertz CT molecular complexity index is 503. The van der Waals surface area contributed by atoms with Crippen molar-refractivity contribution < 1.29 is 9.90 Å². The lowest BCUT2D eigenvalue weighted by Gasteiger charge is -2.20. The van der Waals surface area contributed by atoms with Gasteiger partial charge in [-0.15, -0.1) is 0 Å². The number of rotatable bonds is 2. The molecule has 3 heteroatoms. The number of aromatic carboxylic acids is 1. The van der Waals surface area contributed by atoms with Crippen molar-refractivity contribution in [1.29, 1.82) is 0 Å². The average molecular weight is 247 g/mol. The molecule has 98 valence electrons. The lowest BCUT2D eigenvalue weighted by Crippen LogP contribution is -2.15. The number of hydrogen-bond donors (Lipinski definition) is 1. The fraction of sp³-hybridized carbons (Fsp3) is 0.600. The van der Waals surface area contributed by atoms with Crippen molar-refractivity contribution in [3.8, 4) is 0 Å². The van der Waals surface area contributed by atoms with E-state index in [1.54, 1.807) is 0 Å². The second-order valence-electron chi connectivity index (χ2n) is 6.30. The van der Waals surface area contributed by atoms with E-state index in [1.807, 2.05) is 19.9 Å². The summed E-state index contributed by atoms with van der Waals surface area (Å²) in [5, 5.41) is 9.34. The van der Waals surface area contributed by atoms with Gasteiger partial charge in [0.25, 0.3) is 0 Å². The molecule has 0 aliphatic heterocycles. The molecule has 0 aromatic carbocycles. The molecule has 1 atom stereocenters. The zero-order chi connectivity index (χ0) is 13.7. The normalized spacial score (nSPS) is 21.1. The highest BCUT2D eigenvalue weighted by Gasteiger charge is 2.37. The Balaban J connectivity index is 2.69. The summed E-state index contributed by atoms with van der Waals surface area (Å²) >= 11 is 0. The third-order valence-corrected chi connectivity index (χ3v) is 3.87. The van der Waals surface area contributed by atoms with Crippen LogP contribution in [0, 0.1) is 0 Å². The average Bonchev–Trinajstić information content (AvgIpc) is 2.47. The Morgan fingerprint density at radius 1 is 1.50 bits per heavy atom. The fourth-order valence-electron chi connectivity index (χ4n) is 3.04. The molecule has 1 N–H and O–H groups in total. The van der Waals surface area contributed by atoms with Crippen LogP contribution in [0.2, 0.25) is 0 Å². The molecule has 1 aromatic rings. The first-order chi connectivity index (χ1) is 8.24. The molecule has 2 rings (SSSR count). The van der Waals surface area contributed by atoms with E-state index in [0.29, 0.717) is 17.2 Å². The summed E-state index contributed by atoms with van der Waals surface area (Å²) in [6.45, 7) is 10.5. The van der Waals surface area contributed by atoms with E-state index in [4.69, 9.17) is 0 Å². The number of carbonyl (C=O) groups is 1. The van der Waals surface area contributed by atoms with Crippen molar-refractivity contribution in [2.24, 2.45) is 0 Å². The van der Waals surface area contributed by atoms with Gasteiger partial charge in [-0.25, -0.2) is 4.79 Å². The number of carboxylic acids is 1. The van der Waals surface area contributed by atoms with Gasteiger partial charge in [-0.2, -0.15) is 0 Å². The van der Waals surface area contributed by atoms with Crippen LogP contribution in [0.4, 0.5) is 0 Å². The molecule has 0 amide bonds. The molecule has 18 heavy (non-hydrogen) atoms. The Morgan fingerprint density at radius 3 is 2.61 bits per heavy atom. The summed E-state index contributed by atoms with van der Waals surface area (Å²) in [7, 11) is 0. The topological polar surface area (TPSA) is 50.2 Å². The summed E-state index contributed by atoms with van der Waals surface area (Å²) < 4.78 is 0. The van der Waals surface area contributed by atoms with Crippen molar-refractivity contribution in [3.05, 3.63) is 28.6 Å².